The van der Waals surface area contributed by atoms with E-state index in [-0.39, 0.29) is 5.54 Å². The molecule has 0 atom stereocenters. The summed E-state index contributed by atoms with van der Waals surface area (Å²) < 4.78 is 1.90. The summed E-state index contributed by atoms with van der Waals surface area (Å²) in [6, 6.07) is 12.2. The van der Waals surface area contributed by atoms with Gasteiger partial charge in [-0.25, -0.2) is 4.68 Å². The van der Waals surface area contributed by atoms with E-state index in [1.165, 1.54) is 0 Å². The van der Waals surface area contributed by atoms with Crippen molar-refractivity contribution < 1.29 is 0 Å². The molecule has 3 nitrogen and oxygen atoms in total. The fourth-order valence-corrected chi connectivity index (χ4v) is 1.54. The zero-order valence-electron chi connectivity index (χ0n) is 10.6. The summed E-state index contributed by atoms with van der Waals surface area (Å²) >= 11 is 0. The van der Waals surface area contributed by atoms with E-state index < -0.39 is 0 Å². The molecule has 0 aliphatic carbocycles. The highest BCUT2D eigenvalue weighted by atomic mass is 15.3. The molecule has 17 heavy (non-hydrogen) atoms. The molecular formula is C14H19N3. The first kappa shape index (κ1) is 11.9. The van der Waals surface area contributed by atoms with Crippen LogP contribution >= 0.6 is 0 Å². The summed E-state index contributed by atoms with van der Waals surface area (Å²) in [7, 11) is 0. The van der Waals surface area contributed by atoms with Gasteiger partial charge in [-0.3, -0.25) is 0 Å². The Hall–Kier alpha value is -1.61. The van der Waals surface area contributed by atoms with Crippen LogP contribution in [0.3, 0.4) is 0 Å². The van der Waals surface area contributed by atoms with Crippen molar-refractivity contribution in [3.05, 3.63) is 48.3 Å². The van der Waals surface area contributed by atoms with Crippen molar-refractivity contribution in [2.24, 2.45) is 0 Å². The van der Waals surface area contributed by atoms with Crippen LogP contribution in [0, 0.1) is 0 Å². The highest BCUT2D eigenvalue weighted by molar-refractivity contribution is 5.30. The van der Waals surface area contributed by atoms with E-state index in [0.29, 0.717) is 0 Å². The van der Waals surface area contributed by atoms with Crippen LogP contribution in [0.25, 0.3) is 5.69 Å². The van der Waals surface area contributed by atoms with Gasteiger partial charge in [0.25, 0.3) is 0 Å². The van der Waals surface area contributed by atoms with Crippen LogP contribution in [0.4, 0.5) is 0 Å². The summed E-state index contributed by atoms with van der Waals surface area (Å²) in [5.74, 6) is 0. The minimum absolute atomic E-state index is 0.122. The van der Waals surface area contributed by atoms with Crippen molar-refractivity contribution in [2.75, 3.05) is 0 Å². The van der Waals surface area contributed by atoms with Crippen LogP contribution in [0.5, 0.6) is 0 Å². The predicted octanol–water partition coefficient (Wildman–Crippen LogP) is 2.76. The fourth-order valence-electron chi connectivity index (χ4n) is 1.54. The molecule has 2 aromatic rings. The van der Waals surface area contributed by atoms with E-state index in [1.807, 2.05) is 47.3 Å². The normalized spacial score (nSPS) is 11.7. The number of hydrogen-bond donors (Lipinski definition) is 1. The summed E-state index contributed by atoms with van der Waals surface area (Å²) in [4.78, 5) is 0. The predicted molar refractivity (Wildman–Crippen MR) is 70.2 cm³/mol. The maximum Gasteiger partial charge on any atom is 0.0767 e. The summed E-state index contributed by atoms with van der Waals surface area (Å²) in [5.41, 5.74) is 2.27. The molecule has 0 amide bonds. The van der Waals surface area contributed by atoms with Gasteiger partial charge in [-0.2, -0.15) is 5.10 Å². The van der Waals surface area contributed by atoms with Crippen LogP contribution in [0.2, 0.25) is 0 Å². The van der Waals surface area contributed by atoms with Gasteiger partial charge in [0, 0.05) is 18.3 Å². The van der Waals surface area contributed by atoms with Crippen LogP contribution in [0.15, 0.2) is 42.6 Å². The van der Waals surface area contributed by atoms with Gasteiger partial charge in [-0.1, -0.05) is 18.2 Å². The lowest BCUT2D eigenvalue weighted by molar-refractivity contribution is 0.420. The van der Waals surface area contributed by atoms with Crippen molar-refractivity contribution in [2.45, 2.75) is 32.9 Å². The van der Waals surface area contributed by atoms with Gasteiger partial charge >= 0.3 is 0 Å². The summed E-state index contributed by atoms with van der Waals surface area (Å²) in [5, 5.41) is 7.96. The number of hydrogen-bond acceptors (Lipinski definition) is 2. The first-order valence-corrected chi connectivity index (χ1v) is 5.90. The average molecular weight is 229 g/mol. The number of para-hydroxylation sites is 1. The van der Waals surface area contributed by atoms with E-state index in [2.05, 4.69) is 31.2 Å². The highest BCUT2D eigenvalue weighted by Gasteiger charge is 2.09. The molecule has 0 saturated heterocycles. The van der Waals surface area contributed by atoms with Crippen LogP contribution in [0.1, 0.15) is 26.5 Å². The molecule has 3 heteroatoms. The molecule has 1 N–H and O–H groups in total. The molecule has 0 fully saturated rings. The SMILES string of the molecule is CC(C)(C)NCc1ccn(-c2ccccc2)n1. The number of aromatic nitrogens is 2. The largest absolute Gasteiger partial charge is 0.306 e. The Balaban J connectivity index is 2.07. The van der Waals surface area contributed by atoms with Crippen LogP contribution in [-0.2, 0) is 6.54 Å². The fraction of sp³-hybridized carbons (Fsp3) is 0.357. The maximum absolute atomic E-state index is 4.54. The van der Waals surface area contributed by atoms with Crippen molar-refractivity contribution in [1.82, 2.24) is 15.1 Å². The second-order valence-corrected chi connectivity index (χ2v) is 5.19. The Morgan fingerprint density at radius 2 is 1.82 bits per heavy atom. The van der Waals surface area contributed by atoms with E-state index in [0.717, 1.165) is 17.9 Å². The lowest BCUT2D eigenvalue weighted by Gasteiger charge is -2.19. The smallest absolute Gasteiger partial charge is 0.0767 e. The van der Waals surface area contributed by atoms with Gasteiger partial charge in [0.2, 0.25) is 0 Å². The van der Waals surface area contributed by atoms with Crippen molar-refractivity contribution in [3.63, 3.8) is 0 Å². The molecule has 0 aliphatic heterocycles. The molecule has 1 aromatic carbocycles. The highest BCUT2D eigenvalue weighted by Crippen LogP contribution is 2.07. The van der Waals surface area contributed by atoms with Gasteiger partial charge in [0.1, 0.15) is 0 Å². The molecule has 90 valence electrons. The summed E-state index contributed by atoms with van der Waals surface area (Å²) in [6.45, 7) is 7.26. The monoisotopic (exact) mass is 229 g/mol. The Morgan fingerprint density at radius 3 is 2.47 bits per heavy atom. The minimum atomic E-state index is 0.122. The maximum atomic E-state index is 4.54. The van der Waals surface area contributed by atoms with Gasteiger partial charge in [-0.05, 0) is 39.0 Å². The van der Waals surface area contributed by atoms with Gasteiger partial charge in [0.15, 0.2) is 0 Å². The van der Waals surface area contributed by atoms with Crippen molar-refractivity contribution >= 4 is 0 Å². The second-order valence-electron chi connectivity index (χ2n) is 5.19. The molecule has 0 unspecified atom stereocenters. The third-order valence-corrected chi connectivity index (χ3v) is 2.46. The lowest BCUT2D eigenvalue weighted by Crippen LogP contribution is -2.35. The molecule has 1 heterocycles. The molecule has 0 saturated carbocycles. The van der Waals surface area contributed by atoms with E-state index >= 15 is 0 Å². The third-order valence-electron chi connectivity index (χ3n) is 2.46. The molecule has 1 aromatic heterocycles. The number of nitrogens with zero attached hydrogens (tertiary/aromatic N) is 2. The first-order valence-electron chi connectivity index (χ1n) is 5.90. The van der Waals surface area contributed by atoms with Crippen LogP contribution in [-0.4, -0.2) is 15.3 Å². The Labute approximate surface area is 102 Å². The first-order chi connectivity index (χ1) is 8.04. The molecule has 0 spiro atoms. The molecule has 2 rings (SSSR count). The molecule has 0 bridgehead atoms. The number of nitrogens with one attached hydrogen (secondary N) is 1. The second kappa shape index (κ2) is 4.72. The van der Waals surface area contributed by atoms with Gasteiger partial charge < -0.3 is 5.32 Å². The lowest BCUT2D eigenvalue weighted by atomic mass is 10.1. The average Bonchev–Trinajstić information content (AvgIpc) is 2.75. The molecule has 0 radical (unpaired) electrons. The van der Waals surface area contributed by atoms with Gasteiger partial charge in [0.05, 0.1) is 11.4 Å². The van der Waals surface area contributed by atoms with E-state index in [9.17, 15) is 0 Å². The Morgan fingerprint density at radius 1 is 1.12 bits per heavy atom. The zero-order valence-corrected chi connectivity index (χ0v) is 10.6. The number of rotatable bonds is 3. The van der Waals surface area contributed by atoms with Gasteiger partial charge in [-0.15, -0.1) is 0 Å². The zero-order chi connectivity index (χ0) is 12.3. The molecular weight excluding hydrogens is 210 g/mol. The number of benzene rings is 1. The van der Waals surface area contributed by atoms with E-state index in [1.54, 1.807) is 0 Å². The molecule has 0 aliphatic rings. The van der Waals surface area contributed by atoms with Crippen molar-refractivity contribution in [1.29, 1.82) is 0 Å². The summed E-state index contributed by atoms with van der Waals surface area (Å²) in [6.07, 6.45) is 2.00. The standard InChI is InChI=1S/C14H19N3/c1-14(2,3)15-11-12-9-10-17(16-12)13-7-5-4-6-8-13/h4-10,15H,11H2,1-3H3. The van der Waals surface area contributed by atoms with Crippen molar-refractivity contribution in [3.8, 4) is 5.69 Å². The Kier molecular flexibility index (Phi) is 3.29. The Bertz CT molecular complexity index is 466. The quantitative estimate of drug-likeness (QED) is 0.877. The topological polar surface area (TPSA) is 29.9 Å². The van der Waals surface area contributed by atoms with E-state index in [4.69, 9.17) is 0 Å². The van der Waals surface area contributed by atoms with Crippen LogP contribution < -0.4 is 5.32 Å². The minimum Gasteiger partial charge on any atom is -0.306 e. The third kappa shape index (κ3) is 3.43.